The van der Waals surface area contributed by atoms with Crippen molar-refractivity contribution < 1.29 is 9.72 Å². The minimum atomic E-state index is -0.618. The Hall–Kier alpha value is -3.66. The number of carbonyl (C=O) groups excluding carboxylic acids is 1. The summed E-state index contributed by atoms with van der Waals surface area (Å²) in [6, 6.07) is 13.4. The molecule has 2 aromatic carbocycles. The van der Waals surface area contributed by atoms with Gasteiger partial charge < -0.3 is 10.2 Å². The third-order valence-electron chi connectivity index (χ3n) is 3.77. The molecule has 0 fully saturated rings. The maximum atomic E-state index is 12.4. The summed E-state index contributed by atoms with van der Waals surface area (Å²) in [6.45, 7) is 1.72. The van der Waals surface area contributed by atoms with Crippen LogP contribution in [-0.4, -0.2) is 24.9 Å². The molecule has 0 aliphatic heterocycles. The molecule has 0 aromatic heterocycles. The summed E-state index contributed by atoms with van der Waals surface area (Å²) in [5.41, 5.74) is 2.45. The van der Waals surface area contributed by atoms with Crippen molar-refractivity contribution in [3.63, 3.8) is 0 Å². The molecule has 1 amide bonds. The van der Waals surface area contributed by atoms with Crippen molar-refractivity contribution in [2.45, 2.75) is 6.92 Å². The topological polar surface area (TPSA) is 99.3 Å². The number of anilines is 2. The number of nitrogens with one attached hydrogen (secondary N) is 1. The SMILES string of the molecule is Cc1ccc([N+](=O)[O-])cc1NC(=O)/C(C#N)=C/c1ccc(N(C)C)cc1. The van der Waals surface area contributed by atoms with Crippen LogP contribution in [0.2, 0.25) is 0 Å². The van der Waals surface area contributed by atoms with E-state index < -0.39 is 10.8 Å². The van der Waals surface area contributed by atoms with Crippen LogP contribution in [0.1, 0.15) is 11.1 Å². The Morgan fingerprint density at radius 3 is 2.42 bits per heavy atom. The van der Waals surface area contributed by atoms with E-state index in [-0.39, 0.29) is 11.3 Å². The number of aryl methyl sites for hydroxylation is 1. The highest BCUT2D eigenvalue weighted by molar-refractivity contribution is 6.10. The Morgan fingerprint density at radius 1 is 1.23 bits per heavy atom. The number of nitriles is 1. The van der Waals surface area contributed by atoms with Crippen molar-refractivity contribution in [3.8, 4) is 6.07 Å². The number of amides is 1. The zero-order valence-corrected chi connectivity index (χ0v) is 14.7. The van der Waals surface area contributed by atoms with Crippen molar-refractivity contribution in [1.82, 2.24) is 0 Å². The Morgan fingerprint density at radius 2 is 1.88 bits per heavy atom. The second-order valence-corrected chi connectivity index (χ2v) is 5.87. The fourth-order valence-corrected chi connectivity index (χ4v) is 2.23. The van der Waals surface area contributed by atoms with Gasteiger partial charge in [-0.2, -0.15) is 5.26 Å². The summed E-state index contributed by atoms with van der Waals surface area (Å²) in [6.07, 6.45) is 1.47. The van der Waals surface area contributed by atoms with Crippen LogP contribution in [0.4, 0.5) is 17.1 Å². The van der Waals surface area contributed by atoms with Crippen LogP contribution in [0.15, 0.2) is 48.0 Å². The van der Waals surface area contributed by atoms with Crippen LogP contribution in [0, 0.1) is 28.4 Å². The van der Waals surface area contributed by atoms with Gasteiger partial charge in [-0.05, 0) is 36.3 Å². The molecule has 132 valence electrons. The number of hydrogen-bond donors (Lipinski definition) is 1. The van der Waals surface area contributed by atoms with Crippen LogP contribution in [0.3, 0.4) is 0 Å². The number of carbonyl (C=O) groups is 1. The van der Waals surface area contributed by atoms with Gasteiger partial charge in [0.05, 0.1) is 10.6 Å². The molecular formula is C19H18N4O3. The molecule has 0 spiro atoms. The van der Waals surface area contributed by atoms with Gasteiger partial charge in [-0.3, -0.25) is 14.9 Å². The molecule has 0 aliphatic rings. The normalized spacial score (nSPS) is 10.8. The number of benzene rings is 2. The maximum Gasteiger partial charge on any atom is 0.271 e. The third kappa shape index (κ3) is 4.45. The summed E-state index contributed by atoms with van der Waals surface area (Å²) in [7, 11) is 3.83. The molecule has 0 saturated heterocycles. The number of non-ortho nitro benzene ring substituents is 1. The lowest BCUT2D eigenvalue weighted by Crippen LogP contribution is -2.14. The first-order valence-corrected chi connectivity index (χ1v) is 7.77. The molecule has 0 bridgehead atoms. The van der Waals surface area contributed by atoms with Crippen LogP contribution in [-0.2, 0) is 4.79 Å². The fourth-order valence-electron chi connectivity index (χ4n) is 2.23. The van der Waals surface area contributed by atoms with Crippen LogP contribution in [0.25, 0.3) is 6.08 Å². The lowest BCUT2D eigenvalue weighted by atomic mass is 10.1. The standard InChI is InChI=1S/C19H18N4O3/c1-13-4-7-17(23(25)26)11-18(13)21-19(24)15(12-20)10-14-5-8-16(9-6-14)22(2)3/h4-11H,1-3H3,(H,21,24)/b15-10+. The number of rotatable bonds is 5. The molecule has 0 radical (unpaired) electrons. The van der Waals surface area contributed by atoms with Crippen molar-refractivity contribution in [3.05, 3.63) is 69.3 Å². The Bertz CT molecular complexity index is 909. The smallest absolute Gasteiger partial charge is 0.271 e. The van der Waals surface area contributed by atoms with Gasteiger partial charge >= 0.3 is 0 Å². The minimum Gasteiger partial charge on any atom is -0.378 e. The molecule has 1 N–H and O–H groups in total. The summed E-state index contributed by atoms with van der Waals surface area (Å²) < 4.78 is 0. The molecule has 0 heterocycles. The van der Waals surface area contributed by atoms with Crippen molar-refractivity contribution in [2.75, 3.05) is 24.3 Å². The number of nitrogens with zero attached hydrogens (tertiary/aromatic N) is 3. The average Bonchev–Trinajstić information content (AvgIpc) is 2.61. The highest BCUT2D eigenvalue weighted by Crippen LogP contribution is 2.22. The van der Waals surface area contributed by atoms with Gasteiger partial charge in [0.1, 0.15) is 11.6 Å². The van der Waals surface area contributed by atoms with Crippen LogP contribution < -0.4 is 10.2 Å². The Kier molecular flexibility index (Phi) is 5.71. The highest BCUT2D eigenvalue weighted by atomic mass is 16.6. The van der Waals surface area contributed by atoms with E-state index in [0.29, 0.717) is 16.8 Å². The lowest BCUT2D eigenvalue weighted by molar-refractivity contribution is -0.384. The largest absolute Gasteiger partial charge is 0.378 e. The molecule has 2 rings (SSSR count). The molecule has 0 aliphatic carbocycles. The molecule has 2 aromatic rings. The maximum absolute atomic E-state index is 12.4. The lowest BCUT2D eigenvalue weighted by Gasteiger charge is -2.12. The van der Waals surface area contributed by atoms with E-state index in [9.17, 15) is 20.2 Å². The molecule has 26 heavy (non-hydrogen) atoms. The van der Waals surface area contributed by atoms with E-state index in [2.05, 4.69) is 5.32 Å². The number of nitro benzene ring substituents is 1. The van der Waals surface area contributed by atoms with E-state index in [1.54, 1.807) is 25.1 Å². The highest BCUT2D eigenvalue weighted by Gasteiger charge is 2.14. The third-order valence-corrected chi connectivity index (χ3v) is 3.77. The molecule has 7 nitrogen and oxygen atoms in total. The zero-order chi connectivity index (χ0) is 19.3. The fraction of sp³-hybridized carbons (Fsp3) is 0.158. The van der Waals surface area contributed by atoms with Crippen molar-refractivity contribution >= 4 is 29.0 Å². The average molecular weight is 350 g/mol. The second-order valence-electron chi connectivity index (χ2n) is 5.87. The van der Waals surface area contributed by atoms with E-state index in [4.69, 9.17) is 0 Å². The summed E-state index contributed by atoms with van der Waals surface area (Å²) in [4.78, 5) is 24.7. The van der Waals surface area contributed by atoms with Gasteiger partial charge in [-0.25, -0.2) is 0 Å². The monoisotopic (exact) mass is 350 g/mol. The second kappa shape index (κ2) is 7.94. The van der Waals surface area contributed by atoms with Crippen LogP contribution in [0.5, 0.6) is 0 Å². The first-order chi connectivity index (χ1) is 12.3. The van der Waals surface area contributed by atoms with E-state index in [1.807, 2.05) is 37.2 Å². The van der Waals surface area contributed by atoms with Crippen LogP contribution >= 0.6 is 0 Å². The molecule has 0 atom stereocenters. The van der Waals surface area contributed by atoms with Crippen molar-refractivity contribution in [1.29, 1.82) is 5.26 Å². The van der Waals surface area contributed by atoms with E-state index in [1.165, 1.54) is 18.2 Å². The quantitative estimate of drug-likeness (QED) is 0.385. The zero-order valence-electron chi connectivity index (χ0n) is 14.7. The van der Waals surface area contributed by atoms with Gasteiger partial charge in [0.15, 0.2) is 0 Å². The number of nitro groups is 1. The van der Waals surface area contributed by atoms with E-state index in [0.717, 1.165) is 5.69 Å². The summed E-state index contributed by atoms with van der Waals surface area (Å²) in [5, 5.41) is 22.7. The Balaban J connectivity index is 2.25. The summed E-state index contributed by atoms with van der Waals surface area (Å²) >= 11 is 0. The predicted molar refractivity (Wildman–Crippen MR) is 101 cm³/mol. The predicted octanol–water partition coefficient (Wildman–Crippen LogP) is 3.51. The first-order valence-electron chi connectivity index (χ1n) is 7.77. The molecule has 7 heteroatoms. The molecular weight excluding hydrogens is 332 g/mol. The molecule has 0 saturated carbocycles. The van der Waals surface area contributed by atoms with Crippen molar-refractivity contribution in [2.24, 2.45) is 0 Å². The van der Waals surface area contributed by atoms with Gasteiger partial charge in [0.25, 0.3) is 11.6 Å². The van der Waals surface area contributed by atoms with Gasteiger partial charge in [0, 0.05) is 31.9 Å². The van der Waals surface area contributed by atoms with E-state index >= 15 is 0 Å². The molecule has 0 unspecified atom stereocenters. The summed E-state index contributed by atoms with van der Waals surface area (Å²) in [5.74, 6) is -0.618. The minimum absolute atomic E-state index is 0.0893. The van der Waals surface area contributed by atoms with Gasteiger partial charge in [0.2, 0.25) is 0 Å². The first kappa shape index (κ1) is 18.7. The number of hydrogen-bond acceptors (Lipinski definition) is 5. The van der Waals surface area contributed by atoms with Gasteiger partial charge in [-0.15, -0.1) is 0 Å². The Labute approximate surface area is 151 Å². The van der Waals surface area contributed by atoms with Gasteiger partial charge in [-0.1, -0.05) is 18.2 Å².